The number of ketones is 1. The van der Waals surface area contributed by atoms with Gasteiger partial charge in [-0.2, -0.15) is 0 Å². The molecule has 16 nitrogen and oxygen atoms in total. The van der Waals surface area contributed by atoms with Gasteiger partial charge in [0, 0.05) is 47.8 Å². The Balaban J connectivity index is 1.01. The van der Waals surface area contributed by atoms with Crippen LogP contribution in [0.15, 0.2) is 133 Å². The molecule has 0 aromatic heterocycles. The summed E-state index contributed by atoms with van der Waals surface area (Å²) in [6.45, 7) is 1.36. The van der Waals surface area contributed by atoms with Gasteiger partial charge in [0.2, 0.25) is 0 Å². The van der Waals surface area contributed by atoms with Gasteiger partial charge < -0.3 is 45.1 Å². The first-order chi connectivity index (χ1) is 30.6. The van der Waals surface area contributed by atoms with Crippen LogP contribution in [0.5, 0.6) is 23.0 Å². The molecule has 0 saturated heterocycles. The van der Waals surface area contributed by atoms with E-state index in [-0.39, 0.29) is 52.6 Å². The molecule has 1 aliphatic rings. The standard InChI is InChI=1S/C47H41N5O11Si/c1-28(53)29-4-23-40-42(26-29)47(58)52(46(40)57)34-12-20-38(21-13-34)63-37-16-8-32(9-17-37)50-43(54)30-5-22-39(44(55)49-24-3-25-64(59,60)61)41(27-30)45(56)51-33-10-18-36(19-11-33)62-35-14-6-31(48-2)7-15-35/h4-23,26-27,48,59-61H,3,24-25H2,1-2H3,(H,49,55)(H,50,54)(H,51,56). The van der Waals surface area contributed by atoms with E-state index < -0.39 is 38.3 Å². The van der Waals surface area contributed by atoms with Crippen molar-refractivity contribution in [2.75, 3.05) is 34.4 Å². The molecule has 6 aromatic carbocycles. The zero-order valence-electron chi connectivity index (χ0n) is 34.4. The quantitative estimate of drug-likeness (QED) is 0.0229. The average molecular weight is 880 g/mol. The van der Waals surface area contributed by atoms with Gasteiger partial charge in [-0.15, -0.1) is 0 Å². The molecule has 0 atom stereocenters. The van der Waals surface area contributed by atoms with Gasteiger partial charge in [-0.25, -0.2) is 4.90 Å². The van der Waals surface area contributed by atoms with Crippen LogP contribution in [-0.4, -0.2) is 72.1 Å². The van der Waals surface area contributed by atoms with E-state index in [1.54, 1.807) is 84.9 Å². The van der Waals surface area contributed by atoms with Crippen LogP contribution in [-0.2, 0) is 0 Å². The first-order valence-corrected chi connectivity index (χ1v) is 21.9. The second-order valence-corrected chi connectivity index (χ2v) is 16.6. The topological polar surface area (TPSA) is 233 Å². The predicted octanol–water partition coefficient (Wildman–Crippen LogP) is 6.86. The third kappa shape index (κ3) is 10.5. The van der Waals surface area contributed by atoms with E-state index in [1.165, 1.54) is 43.3 Å². The van der Waals surface area contributed by atoms with E-state index in [9.17, 15) is 43.2 Å². The number of anilines is 4. The smallest absolute Gasteiger partial charge is 0.457 e. The molecule has 6 aromatic rings. The van der Waals surface area contributed by atoms with Crippen molar-refractivity contribution in [1.29, 1.82) is 0 Å². The number of carbonyl (C=O) groups is 6. The third-order valence-corrected chi connectivity index (χ3v) is 11.0. The SMILES string of the molecule is CNc1ccc(Oc2ccc(NC(=O)c3cc(C(=O)Nc4ccc(Oc5ccc(N6C(=O)c7ccc(C(C)=O)cc7C6=O)cc5)cc4)ccc3C(=O)NCCC[Si](O)(O)O)cc2)cc1. The lowest BCUT2D eigenvalue weighted by molar-refractivity contribution is 0.0921. The van der Waals surface area contributed by atoms with Crippen molar-refractivity contribution < 1.29 is 52.6 Å². The van der Waals surface area contributed by atoms with Crippen molar-refractivity contribution in [1.82, 2.24) is 5.32 Å². The fourth-order valence-electron chi connectivity index (χ4n) is 6.63. The molecule has 1 aliphatic heterocycles. The Kier molecular flexibility index (Phi) is 13.1. The van der Waals surface area contributed by atoms with E-state index in [4.69, 9.17) is 9.47 Å². The van der Waals surface area contributed by atoms with Crippen molar-refractivity contribution in [3.05, 3.63) is 167 Å². The maximum atomic E-state index is 13.7. The highest BCUT2D eigenvalue weighted by Crippen LogP contribution is 2.32. The monoisotopic (exact) mass is 879 g/mol. The Bertz CT molecular complexity index is 2760. The largest absolute Gasteiger partial charge is 0.492 e. The van der Waals surface area contributed by atoms with Gasteiger partial charge >= 0.3 is 8.80 Å². The van der Waals surface area contributed by atoms with Gasteiger partial charge in [0.15, 0.2) is 5.78 Å². The number of ether oxygens (including phenoxy) is 2. The van der Waals surface area contributed by atoms with Gasteiger partial charge in [-0.1, -0.05) is 6.07 Å². The summed E-state index contributed by atoms with van der Waals surface area (Å²) in [4.78, 5) is 108. The molecule has 5 amide bonds. The number of benzene rings is 6. The number of Topliss-reactive ketones (excluding diaryl/α,β-unsaturated/α-hetero) is 1. The summed E-state index contributed by atoms with van der Waals surface area (Å²) >= 11 is 0. The molecule has 0 bridgehead atoms. The maximum Gasteiger partial charge on any atom is 0.492 e. The van der Waals surface area contributed by atoms with Crippen molar-refractivity contribution in [2.45, 2.75) is 19.4 Å². The Morgan fingerprint density at radius 1 is 0.562 bits per heavy atom. The molecule has 64 heavy (non-hydrogen) atoms. The van der Waals surface area contributed by atoms with Crippen LogP contribution in [0.3, 0.4) is 0 Å². The van der Waals surface area contributed by atoms with Crippen molar-refractivity contribution in [3.8, 4) is 23.0 Å². The Labute approximate surface area is 367 Å². The Morgan fingerprint density at radius 2 is 1.06 bits per heavy atom. The molecule has 0 aliphatic carbocycles. The molecule has 1 heterocycles. The molecule has 324 valence electrons. The lowest BCUT2D eigenvalue weighted by atomic mass is 10.0. The molecule has 7 rings (SSSR count). The fourth-order valence-corrected chi connectivity index (χ4v) is 7.28. The number of fused-ring (bicyclic) bond motifs is 1. The fraction of sp³-hybridized carbons (Fsp3) is 0.106. The molecule has 17 heteroatoms. The van der Waals surface area contributed by atoms with Gasteiger partial charge in [0.25, 0.3) is 29.5 Å². The first-order valence-electron chi connectivity index (χ1n) is 19.9. The minimum atomic E-state index is -4.31. The summed E-state index contributed by atoms with van der Waals surface area (Å²) in [6, 6.07) is 34.7. The summed E-state index contributed by atoms with van der Waals surface area (Å²) in [5, 5.41) is 11.2. The normalized spacial score (nSPS) is 12.0. The molecular formula is C47H41N5O11Si. The number of amides is 5. The second kappa shape index (κ2) is 19.0. The average Bonchev–Trinajstić information content (AvgIpc) is 3.54. The summed E-state index contributed by atoms with van der Waals surface area (Å²) in [7, 11) is -2.50. The van der Waals surface area contributed by atoms with E-state index in [1.807, 2.05) is 19.2 Å². The minimum Gasteiger partial charge on any atom is -0.457 e. The number of nitrogens with zero attached hydrogens (tertiary/aromatic N) is 1. The zero-order chi connectivity index (χ0) is 45.5. The van der Waals surface area contributed by atoms with Crippen molar-refractivity contribution in [2.24, 2.45) is 0 Å². The summed E-state index contributed by atoms with van der Waals surface area (Å²) in [5.74, 6) is -1.27. The van der Waals surface area contributed by atoms with Crippen LogP contribution in [0, 0.1) is 0 Å². The third-order valence-electron chi connectivity index (χ3n) is 9.97. The first kappa shape index (κ1) is 44.1. The lowest BCUT2D eigenvalue weighted by Crippen LogP contribution is -2.36. The molecule has 0 unspecified atom stereocenters. The van der Waals surface area contributed by atoms with E-state index in [0.29, 0.717) is 45.6 Å². The van der Waals surface area contributed by atoms with E-state index in [2.05, 4.69) is 21.3 Å². The van der Waals surface area contributed by atoms with Crippen LogP contribution in [0.25, 0.3) is 0 Å². The number of hydrogen-bond donors (Lipinski definition) is 7. The highest BCUT2D eigenvalue weighted by Gasteiger charge is 2.37. The van der Waals surface area contributed by atoms with Crippen LogP contribution >= 0.6 is 0 Å². The molecule has 0 spiro atoms. The molecule has 7 N–H and O–H groups in total. The van der Waals surface area contributed by atoms with Gasteiger partial charge in [0.05, 0.1) is 27.9 Å². The van der Waals surface area contributed by atoms with E-state index in [0.717, 1.165) is 10.6 Å². The van der Waals surface area contributed by atoms with Crippen LogP contribution in [0.2, 0.25) is 6.04 Å². The number of carbonyl (C=O) groups excluding carboxylic acids is 6. The van der Waals surface area contributed by atoms with Crippen LogP contribution in [0.4, 0.5) is 22.7 Å². The highest BCUT2D eigenvalue weighted by atomic mass is 28.4. The molecule has 0 radical (unpaired) electrons. The second-order valence-electron chi connectivity index (χ2n) is 14.6. The molecule has 0 fully saturated rings. The van der Waals surface area contributed by atoms with Crippen LogP contribution < -0.4 is 35.6 Å². The van der Waals surface area contributed by atoms with Gasteiger partial charge in [-0.3, -0.25) is 28.8 Å². The summed E-state index contributed by atoms with van der Waals surface area (Å²) in [5.41, 5.74) is 2.59. The number of rotatable bonds is 16. The predicted molar refractivity (Wildman–Crippen MR) is 240 cm³/mol. The van der Waals surface area contributed by atoms with E-state index >= 15 is 0 Å². The lowest BCUT2D eigenvalue weighted by Gasteiger charge is -2.15. The van der Waals surface area contributed by atoms with Gasteiger partial charge in [0.1, 0.15) is 23.0 Å². The zero-order valence-corrected chi connectivity index (χ0v) is 35.4. The van der Waals surface area contributed by atoms with Crippen molar-refractivity contribution >= 4 is 66.9 Å². The van der Waals surface area contributed by atoms with Crippen LogP contribution in [0.1, 0.15) is 75.5 Å². The molecule has 0 saturated carbocycles. The number of hydrogen-bond acceptors (Lipinski definition) is 12. The van der Waals surface area contributed by atoms with Crippen molar-refractivity contribution in [3.63, 3.8) is 0 Å². The highest BCUT2D eigenvalue weighted by molar-refractivity contribution is 6.56. The number of nitrogens with one attached hydrogen (secondary N) is 4. The minimum absolute atomic E-state index is 0.0245. The Morgan fingerprint density at radius 3 is 1.59 bits per heavy atom. The number of imide groups is 1. The summed E-state index contributed by atoms with van der Waals surface area (Å²) < 4.78 is 11.8. The van der Waals surface area contributed by atoms with Gasteiger partial charge in [-0.05, 0) is 141 Å². The Hall–Kier alpha value is -7.96. The summed E-state index contributed by atoms with van der Waals surface area (Å²) in [6.07, 6.45) is 0.0672. The molecular weight excluding hydrogens is 839 g/mol. The maximum absolute atomic E-state index is 13.7.